The van der Waals surface area contributed by atoms with Gasteiger partial charge in [-0.3, -0.25) is 0 Å². The zero-order valence-corrected chi connectivity index (χ0v) is 16.4. The smallest absolute Gasteiger partial charge is 0.208 e. The van der Waals surface area contributed by atoms with Crippen LogP contribution >= 0.6 is 11.6 Å². The molecular weight excluding hydrogens is 393 g/mol. The number of benzene rings is 1. The van der Waals surface area contributed by atoms with Crippen molar-refractivity contribution in [3.8, 4) is 0 Å². The molecule has 1 fully saturated rings. The number of anilines is 3. The zero-order valence-electron chi connectivity index (χ0n) is 14.8. The van der Waals surface area contributed by atoms with Crippen molar-refractivity contribution in [3.63, 3.8) is 0 Å². The standard InChI is InChI=1S/C17H21ClFN5O2S/c1-27(25,26)22-9-12-3-2-6-24(10-12)17-8-16(20-11-21-17)23-13-4-5-15(19)14(18)7-13/h4-5,7-8,11-12,22H,2-3,6,9-10H2,1H3,(H,20,21,23). The molecular formula is C17H21ClFN5O2S. The molecule has 0 saturated carbocycles. The van der Waals surface area contributed by atoms with Gasteiger partial charge in [-0.05, 0) is 37.0 Å². The molecule has 1 atom stereocenters. The minimum absolute atomic E-state index is 0.0338. The zero-order chi connectivity index (χ0) is 19.4. The molecule has 1 aliphatic rings. The number of piperidine rings is 1. The topological polar surface area (TPSA) is 87.2 Å². The number of rotatable bonds is 6. The normalized spacial score (nSPS) is 17.7. The Kier molecular flexibility index (Phi) is 6.13. The summed E-state index contributed by atoms with van der Waals surface area (Å²) < 4.78 is 38.5. The highest BCUT2D eigenvalue weighted by atomic mass is 35.5. The predicted octanol–water partition coefficient (Wildman–Crippen LogP) is 2.78. The number of nitrogens with zero attached hydrogens (tertiary/aromatic N) is 3. The van der Waals surface area contributed by atoms with Crippen molar-refractivity contribution in [2.75, 3.05) is 36.1 Å². The Hall–Kier alpha value is -1.97. The van der Waals surface area contributed by atoms with Crippen LogP contribution in [0.4, 0.5) is 21.7 Å². The lowest BCUT2D eigenvalue weighted by molar-refractivity contribution is 0.409. The molecule has 0 bridgehead atoms. The van der Waals surface area contributed by atoms with Crippen molar-refractivity contribution in [2.24, 2.45) is 5.92 Å². The maximum atomic E-state index is 13.3. The summed E-state index contributed by atoms with van der Waals surface area (Å²) in [6.07, 6.45) is 4.54. The molecule has 3 rings (SSSR count). The first-order chi connectivity index (χ1) is 12.8. The quantitative estimate of drug-likeness (QED) is 0.757. The third-order valence-electron chi connectivity index (χ3n) is 4.32. The fourth-order valence-electron chi connectivity index (χ4n) is 3.02. The first-order valence-corrected chi connectivity index (χ1v) is 10.8. The molecule has 0 amide bonds. The van der Waals surface area contributed by atoms with Crippen LogP contribution in [0, 0.1) is 11.7 Å². The highest BCUT2D eigenvalue weighted by Crippen LogP contribution is 2.25. The molecule has 2 heterocycles. The number of nitrogens with one attached hydrogen (secondary N) is 2. The third-order valence-corrected chi connectivity index (χ3v) is 5.30. The van der Waals surface area contributed by atoms with Crippen LogP contribution in [0.3, 0.4) is 0 Å². The second kappa shape index (κ2) is 8.37. The van der Waals surface area contributed by atoms with Gasteiger partial charge in [0.2, 0.25) is 10.0 Å². The van der Waals surface area contributed by atoms with Crippen molar-refractivity contribution < 1.29 is 12.8 Å². The van der Waals surface area contributed by atoms with Crippen molar-refractivity contribution in [2.45, 2.75) is 12.8 Å². The van der Waals surface area contributed by atoms with E-state index in [1.807, 2.05) is 6.07 Å². The number of halogens is 2. The molecule has 1 aromatic carbocycles. The third kappa shape index (κ3) is 5.75. The van der Waals surface area contributed by atoms with E-state index in [1.165, 1.54) is 18.5 Å². The summed E-state index contributed by atoms with van der Waals surface area (Å²) in [5.74, 6) is 1.06. The summed E-state index contributed by atoms with van der Waals surface area (Å²) in [4.78, 5) is 10.6. The largest absolute Gasteiger partial charge is 0.356 e. The van der Waals surface area contributed by atoms with Crippen LogP contribution in [0.25, 0.3) is 0 Å². The van der Waals surface area contributed by atoms with Gasteiger partial charge >= 0.3 is 0 Å². The molecule has 1 unspecified atom stereocenters. The van der Waals surface area contributed by atoms with Crippen LogP contribution in [-0.4, -0.2) is 44.3 Å². The summed E-state index contributed by atoms with van der Waals surface area (Å²) in [6.45, 7) is 1.97. The number of aromatic nitrogens is 2. The fraction of sp³-hybridized carbons (Fsp3) is 0.412. The summed E-state index contributed by atoms with van der Waals surface area (Å²) >= 11 is 5.81. The van der Waals surface area contributed by atoms with Gasteiger partial charge in [0.05, 0.1) is 11.3 Å². The Bertz CT molecular complexity index is 912. The second-order valence-electron chi connectivity index (χ2n) is 6.59. The Balaban J connectivity index is 1.68. The molecule has 1 aromatic heterocycles. The van der Waals surface area contributed by atoms with E-state index in [0.29, 0.717) is 24.6 Å². The van der Waals surface area contributed by atoms with E-state index in [1.54, 1.807) is 6.07 Å². The van der Waals surface area contributed by atoms with E-state index in [2.05, 4.69) is 24.9 Å². The molecule has 1 saturated heterocycles. The average Bonchev–Trinajstić information content (AvgIpc) is 2.63. The molecule has 0 spiro atoms. The van der Waals surface area contributed by atoms with Crippen molar-refractivity contribution in [1.82, 2.24) is 14.7 Å². The monoisotopic (exact) mass is 413 g/mol. The van der Waals surface area contributed by atoms with Gasteiger partial charge in [-0.15, -0.1) is 0 Å². The highest BCUT2D eigenvalue weighted by Gasteiger charge is 2.22. The van der Waals surface area contributed by atoms with Crippen LogP contribution in [-0.2, 0) is 10.0 Å². The van der Waals surface area contributed by atoms with Gasteiger partial charge in [0, 0.05) is 31.4 Å². The minimum Gasteiger partial charge on any atom is -0.356 e. The van der Waals surface area contributed by atoms with Crippen molar-refractivity contribution >= 4 is 38.9 Å². The summed E-state index contributed by atoms with van der Waals surface area (Å²) in [7, 11) is -3.20. The van der Waals surface area contributed by atoms with Crippen molar-refractivity contribution in [3.05, 3.63) is 41.4 Å². The second-order valence-corrected chi connectivity index (χ2v) is 8.83. The van der Waals surface area contributed by atoms with E-state index < -0.39 is 15.8 Å². The van der Waals surface area contributed by atoms with Crippen LogP contribution in [0.2, 0.25) is 5.02 Å². The van der Waals surface area contributed by atoms with E-state index >= 15 is 0 Å². The maximum absolute atomic E-state index is 13.3. The molecule has 27 heavy (non-hydrogen) atoms. The van der Waals surface area contributed by atoms with E-state index in [9.17, 15) is 12.8 Å². The molecule has 7 nitrogen and oxygen atoms in total. The van der Waals surface area contributed by atoms with Crippen molar-refractivity contribution in [1.29, 1.82) is 0 Å². The average molecular weight is 414 g/mol. The molecule has 1 aliphatic heterocycles. The highest BCUT2D eigenvalue weighted by molar-refractivity contribution is 7.88. The number of sulfonamides is 1. The predicted molar refractivity (Wildman–Crippen MR) is 105 cm³/mol. The Morgan fingerprint density at radius 2 is 2.15 bits per heavy atom. The Morgan fingerprint density at radius 3 is 2.89 bits per heavy atom. The van der Waals surface area contributed by atoms with Gasteiger partial charge in [-0.1, -0.05) is 11.6 Å². The fourth-order valence-corrected chi connectivity index (χ4v) is 3.74. The number of hydrogen-bond donors (Lipinski definition) is 2. The molecule has 10 heteroatoms. The van der Waals surface area contributed by atoms with E-state index in [-0.39, 0.29) is 10.9 Å². The van der Waals surface area contributed by atoms with E-state index in [4.69, 9.17) is 11.6 Å². The number of hydrogen-bond acceptors (Lipinski definition) is 6. The molecule has 0 aliphatic carbocycles. The van der Waals surface area contributed by atoms with Gasteiger partial charge in [-0.25, -0.2) is 27.5 Å². The summed E-state index contributed by atoms with van der Waals surface area (Å²) in [6, 6.07) is 6.17. The van der Waals surface area contributed by atoms with Gasteiger partial charge in [0.15, 0.2) is 0 Å². The maximum Gasteiger partial charge on any atom is 0.208 e. The molecule has 0 radical (unpaired) electrons. The van der Waals surface area contributed by atoms with Gasteiger partial charge in [0.25, 0.3) is 0 Å². The van der Waals surface area contributed by atoms with Crippen LogP contribution < -0.4 is 14.9 Å². The Morgan fingerprint density at radius 1 is 1.33 bits per heavy atom. The first kappa shape index (κ1) is 19.8. The summed E-state index contributed by atoms with van der Waals surface area (Å²) in [5, 5.41) is 3.12. The minimum atomic E-state index is -3.20. The van der Waals surface area contributed by atoms with Gasteiger partial charge in [0.1, 0.15) is 23.8 Å². The lowest BCUT2D eigenvalue weighted by Gasteiger charge is -2.33. The molecule has 2 N–H and O–H groups in total. The van der Waals surface area contributed by atoms with Crippen LogP contribution in [0.5, 0.6) is 0 Å². The molecule has 146 valence electrons. The Labute approximate surface area is 163 Å². The lowest BCUT2D eigenvalue weighted by Crippen LogP contribution is -2.41. The van der Waals surface area contributed by atoms with E-state index in [0.717, 1.165) is 31.5 Å². The van der Waals surface area contributed by atoms with Gasteiger partial charge < -0.3 is 10.2 Å². The van der Waals surface area contributed by atoms with Crippen LogP contribution in [0.15, 0.2) is 30.6 Å². The molecule has 2 aromatic rings. The lowest BCUT2D eigenvalue weighted by atomic mass is 9.98. The SMILES string of the molecule is CS(=O)(=O)NCC1CCCN(c2cc(Nc3ccc(F)c(Cl)c3)ncn2)C1. The van der Waals surface area contributed by atoms with Crippen LogP contribution in [0.1, 0.15) is 12.8 Å². The first-order valence-electron chi connectivity index (χ1n) is 8.54. The summed E-state index contributed by atoms with van der Waals surface area (Å²) in [5.41, 5.74) is 0.625. The van der Waals surface area contributed by atoms with Gasteiger partial charge in [-0.2, -0.15) is 0 Å².